The summed E-state index contributed by atoms with van der Waals surface area (Å²) in [7, 11) is 0. The predicted octanol–water partition coefficient (Wildman–Crippen LogP) is 0.749. The Hall–Kier alpha value is -0.570. The Balaban J connectivity index is 2.19. The molecule has 1 amide bonds. The molecule has 1 N–H and O–H groups in total. The van der Waals surface area contributed by atoms with E-state index in [1.165, 1.54) is 19.3 Å². The number of hydrogen-bond acceptors (Lipinski definition) is 2. The standard InChI is InChI=1S/C10H18N2O/c1-10(2)9(13)11-7-8-5-3-4-6-12(8)10/h8H,3-7H2,1-2H3,(H,11,13). The van der Waals surface area contributed by atoms with Crippen LogP contribution in [0.3, 0.4) is 0 Å². The summed E-state index contributed by atoms with van der Waals surface area (Å²) in [4.78, 5) is 14.0. The normalized spacial score (nSPS) is 33.7. The Labute approximate surface area is 79.5 Å². The van der Waals surface area contributed by atoms with E-state index in [0.717, 1.165) is 13.1 Å². The average Bonchev–Trinajstić information content (AvgIpc) is 2.13. The molecule has 1 atom stereocenters. The highest BCUT2D eigenvalue weighted by atomic mass is 16.2. The van der Waals surface area contributed by atoms with Crippen LogP contribution >= 0.6 is 0 Å². The first-order valence-corrected chi connectivity index (χ1v) is 5.17. The van der Waals surface area contributed by atoms with Crippen molar-refractivity contribution in [3.8, 4) is 0 Å². The van der Waals surface area contributed by atoms with Gasteiger partial charge in [0.15, 0.2) is 0 Å². The highest BCUT2D eigenvalue weighted by Gasteiger charge is 2.43. The molecular formula is C10H18N2O. The highest BCUT2D eigenvalue weighted by molar-refractivity contribution is 5.86. The first-order chi connectivity index (χ1) is 6.12. The van der Waals surface area contributed by atoms with Crippen LogP contribution in [-0.2, 0) is 4.79 Å². The summed E-state index contributed by atoms with van der Waals surface area (Å²) in [6.07, 6.45) is 3.80. The molecule has 1 unspecified atom stereocenters. The molecule has 2 aliphatic heterocycles. The summed E-state index contributed by atoms with van der Waals surface area (Å²) >= 11 is 0. The number of piperidine rings is 1. The molecule has 0 aromatic rings. The molecule has 3 heteroatoms. The van der Waals surface area contributed by atoms with Crippen LogP contribution in [0.4, 0.5) is 0 Å². The first kappa shape index (κ1) is 9.00. The van der Waals surface area contributed by atoms with Crippen LogP contribution in [-0.4, -0.2) is 35.5 Å². The van der Waals surface area contributed by atoms with E-state index in [9.17, 15) is 4.79 Å². The molecule has 0 aromatic carbocycles. The minimum absolute atomic E-state index is 0.186. The second-order valence-corrected chi connectivity index (χ2v) is 4.61. The van der Waals surface area contributed by atoms with E-state index in [1.807, 2.05) is 13.8 Å². The lowest BCUT2D eigenvalue weighted by atomic mass is 9.89. The van der Waals surface area contributed by atoms with Crippen LogP contribution in [0.5, 0.6) is 0 Å². The molecule has 0 aromatic heterocycles. The number of amides is 1. The van der Waals surface area contributed by atoms with Crippen LogP contribution in [0.25, 0.3) is 0 Å². The minimum Gasteiger partial charge on any atom is -0.353 e. The average molecular weight is 182 g/mol. The topological polar surface area (TPSA) is 32.3 Å². The summed E-state index contributed by atoms with van der Waals surface area (Å²) in [6, 6.07) is 0.585. The summed E-state index contributed by atoms with van der Waals surface area (Å²) < 4.78 is 0. The molecule has 74 valence electrons. The second kappa shape index (κ2) is 2.98. The third-order valence-electron chi connectivity index (χ3n) is 3.40. The van der Waals surface area contributed by atoms with Crippen molar-refractivity contribution >= 4 is 5.91 Å². The monoisotopic (exact) mass is 182 g/mol. The van der Waals surface area contributed by atoms with Crippen LogP contribution < -0.4 is 5.32 Å². The van der Waals surface area contributed by atoms with Gasteiger partial charge in [-0.2, -0.15) is 0 Å². The number of rotatable bonds is 0. The van der Waals surface area contributed by atoms with Crippen molar-refractivity contribution in [1.29, 1.82) is 0 Å². The van der Waals surface area contributed by atoms with Crippen LogP contribution in [0.2, 0.25) is 0 Å². The van der Waals surface area contributed by atoms with E-state index < -0.39 is 0 Å². The van der Waals surface area contributed by atoms with Gasteiger partial charge in [-0.25, -0.2) is 0 Å². The van der Waals surface area contributed by atoms with Crippen molar-refractivity contribution in [2.24, 2.45) is 0 Å². The molecular weight excluding hydrogens is 164 g/mol. The molecule has 2 rings (SSSR count). The van der Waals surface area contributed by atoms with Crippen molar-refractivity contribution < 1.29 is 4.79 Å². The lowest BCUT2D eigenvalue weighted by molar-refractivity contribution is -0.139. The van der Waals surface area contributed by atoms with Crippen LogP contribution in [0.15, 0.2) is 0 Å². The summed E-state index contributed by atoms with van der Waals surface area (Å²) in [5.74, 6) is 0.186. The van der Waals surface area contributed by atoms with E-state index in [0.29, 0.717) is 6.04 Å². The predicted molar refractivity (Wildman–Crippen MR) is 51.4 cm³/mol. The molecule has 13 heavy (non-hydrogen) atoms. The van der Waals surface area contributed by atoms with Crippen LogP contribution in [0, 0.1) is 0 Å². The van der Waals surface area contributed by atoms with E-state index in [2.05, 4.69) is 10.2 Å². The van der Waals surface area contributed by atoms with Gasteiger partial charge < -0.3 is 5.32 Å². The maximum atomic E-state index is 11.6. The SMILES string of the molecule is CC1(C)C(=O)NCC2CCCCN21. The second-order valence-electron chi connectivity index (χ2n) is 4.61. The van der Waals surface area contributed by atoms with Crippen molar-refractivity contribution in [2.75, 3.05) is 13.1 Å². The maximum absolute atomic E-state index is 11.6. The number of nitrogens with one attached hydrogen (secondary N) is 1. The van der Waals surface area contributed by atoms with Gasteiger partial charge in [-0.3, -0.25) is 9.69 Å². The zero-order valence-corrected chi connectivity index (χ0v) is 8.47. The maximum Gasteiger partial charge on any atom is 0.240 e. The number of carbonyl (C=O) groups excluding carboxylic acids is 1. The van der Waals surface area contributed by atoms with Gasteiger partial charge in [-0.1, -0.05) is 6.42 Å². The Kier molecular flexibility index (Phi) is 2.06. The lowest BCUT2D eigenvalue weighted by Gasteiger charge is -2.49. The van der Waals surface area contributed by atoms with Gasteiger partial charge >= 0.3 is 0 Å². The van der Waals surface area contributed by atoms with Crippen molar-refractivity contribution in [2.45, 2.75) is 44.7 Å². The highest BCUT2D eigenvalue weighted by Crippen LogP contribution is 2.28. The largest absolute Gasteiger partial charge is 0.353 e. The number of fused-ring (bicyclic) bond motifs is 1. The van der Waals surface area contributed by atoms with Gasteiger partial charge in [0.25, 0.3) is 0 Å². The van der Waals surface area contributed by atoms with Gasteiger partial charge in [-0.05, 0) is 33.2 Å². The first-order valence-electron chi connectivity index (χ1n) is 5.17. The molecule has 2 heterocycles. The fourth-order valence-electron chi connectivity index (χ4n) is 2.51. The molecule has 0 bridgehead atoms. The van der Waals surface area contributed by atoms with Crippen molar-refractivity contribution in [3.05, 3.63) is 0 Å². The van der Waals surface area contributed by atoms with E-state index >= 15 is 0 Å². The third-order valence-corrected chi connectivity index (χ3v) is 3.40. The van der Waals surface area contributed by atoms with Gasteiger partial charge in [0, 0.05) is 12.6 Å². The van der Waals surface area contributed by atoms with E-state index in [4.69, 9.17) is 0 Å². The molecule has 3 nitrogen and oxygen atoms in total. The number of carbonyl (C=O) groups is 1. The summed E-state index contributed by atoms with van der Waals surface area (Å²) in [5.41, 5.74) is -0.288. The number of piperazine rings is 1. The van der Waals surface area contributed by atoms with Crippen molar-refractivity contribution in [1.82, 2.24) is 10.2 Å². The molecule has 2 aliphatic rings. The summed E-state index contributed by atoms with van der Waals surface area (Å²) in [5, 5.41) is 2.99. The Morgan fingerprint density at radius 2 is 2.23 bits per heavy atom. The quantitative estimate of drug-likeness (QED) is 0.599. The molecule has 0 spiro atoms. The molecule has 2 saturated heterocycles. The van der Waals surface area contributed by atoms with E-state index in [1.54, 1.807) is 0 Å². The Morgan fingerprint density at radius 3 is 3.00 bits per heavy atom. The van der Waals surface area contributed by atoms with Gasteiger partial charge in [0.05, 0.1) is 5.54 Å². The fourth-order valence-corrected chi connectivity index (χ4v) is 2.51. The lowest BCUT2D eigenvalue weighted by Crippen LogP contribution is -2.67. The minimum atomic E-state index is -0.288. The third kappa shape index (κ3) is 1.35. The fraction of sp³-hybridized carbons (Fsp3) is 0.900. The number of nitrogens with zero attached hydrogens (tertiary/aromatic N) is 1. The van der Waals surface area contributed by atoms with Gasteiger partial charge in [0.2, 0.25) is 5.91 Å². The molecule has 0 radical (unpaired) electrons. The Bertz CT molecular complexity index is 225. The summed E-state index contributed by atoms with van der Waals surface area (Å²) in [6.45, 7) is 5.99. The van der Waals surface area contributed by atoms with Gasteiger partial charge in [0.1, 0.15) is 0 Å². The zero-order valence-electron chi connectivity index (χ0n) is 8.47. The molecule has 0 aliphatic carbocycles. The Morgan fingerprint density at radius 1 is 1.46 bits per heavy atom. The van der Waals surface area contributed by atoms with E-state index in [-0.39, 0.29) is 11.4 Å². The molecule has 0 saturated carbocycles. The van der Waals surface area contributed by atoms with Crippen LogP contribution in [0.1, 0.15) is 33.1 Å². The van der Waals surface area contributed by atoms with Gasteiger partial charge in [-0.15, -0.1) is 0 Å². The molecule has 2 fully saturated rings. The smallest absolute Gasteiger partial charge is 0.240 e. The number of hydrogen-bond donors (Lipinski definition) is 1. The zero-order chi connectivity index (χ0) is 9.47. The van der Waals surface area contributed by atoms with Crippen molar-refractivity contribution in [3.63, 3.8) is 0 Å².